The van der Waals surface area contributed by atoms with E-state index < -0.39 is 10.0 Å². The highest BCUT2D eigenvalue weighted by Crippen LogP contribution is 2.09. The van der Waals surface area contributed by atoms with Crippen LogP contribution in [0.5, 0.6) is 0 Å². The Morgan fingerprint density at radius 3 is 2.29 bits per heavy atom. The summed E-state index contributed by atoms with van der Waals surface area (Å²) in [6.07, 6.45) is 1.39. The van der Waals surface area contributed by atoms with Crippen LogP contribution in [0, 0.1) is 0 Å². The summed E-state index contributed by atoms with van der Waals surface area (Å²) in [4.78, 5) is 2.08. The molecule has 1 rings (SSSR count). The lowest BCUT2D eigenvalue weighted by Gasteiger charge is -2.33. The molecule has 0 radical (unpaired) electrons. The number of β-amino-alcohol motifs (C(OH)–C–C–N with tert-alkyl or cyclic N) is 1. The Bertz CT molecular complexity index is 300. The van der Waals surface area contributed by atoms with Crippen molar-refractivity contribution in [1.82, 2.24) is 9.21 Å². The van der Waals surface area contributed by atoms with Gasteiger partial charge in [0, 0.05) is 32.7 Å². The van der Waals surface area contributed by atoms with Crippen molar-refractivity contribution in [1.29, 1.82) is 0 Å². The van der Waals surface area contributed by atoms with Gasteiger partial charge in [0.15, 0.2) is 0 Å². The van der Waals surface area contributed by atoms with Gasteiger partial charge in [0.1, 0.15) is 0 Å². The highest BCUT2D eigenvalue weighted by atomic mass is 32.2. The molecular formula is C10H23N3O3S. The fourth-order valence-electron chi connectivity index (χ4n) is 1.93. The van der Waals surface area contributed by atoms with Gasteiger partial charge < -0.3 is 10.8 Å². The summed E-state index contributed by atoms with van der Waals surface area (Å²) in [7, 11) is -3.11. The first kappa shape index (κ1) is 14.8. The first-order chi connectivity index (χ1) is 8.10. The number of rotatable bonds is 7. The number of nitrogens with zero attached hydrogens (tertiary/aromatic N) is 2. The normalized spacial score (nSPS) is 19.6. The Balaban J connectivity index is 2.36. The van der Waals surface area contributed by atoms with Gasteiger partial charge in [0.2, 0.25) is 10.0 Å². The van der Waals surface area contributed by atoms with Crippen molar-refractivity contribution in [3.05, 3.63) is 0 Å². The maximum atomic E-state index is 11.9. The fraction of sp³-hybridized carbons (Fsp3) is 1.00. The van der Waals surface area contributed by atoms with Gasteiger partial charge in [-0.1, -0.05) is 0 Å². The number of unbranched alkanes of at least 4 members (excludes halogenated alkanes) is 1. The van der Waals surface area contributed by atoms with E-state index in [0.717, 1.165) is 6.42 Å². The van der Waals surface area contributed by atoms with Crippen LogP contribution in [0.2, 0.25) is 0 Å². The van der Waals surface area contributed by atoms with E-state index in [-0.39, 0.29) is 12.4 Å². The Labute approximate surface area is 103 Å². The number of aliphatic hydroxyl groups excluding tert-OH is 1. The lowest BCUT2D eigenvalue weighted by molar-refractivity contribution is 0.151. The highest BCUT2D eigenvalue weighted by Gasteiger charge is 2.25. The molecule has 102 valence electrons. The molecule has 0 aromatic heterocycles. The van der Waals surface area contributed by atoms with Crippen molar-refractivity contribution >= 4 is 10.0 Å². The molecule has 0 aromatic rings. The van der Waals surface area contributed by atoms with Crippen molar-refractivity contribution < 1.29 is 13.5 Å². The monoisotopic (exact) mass is 265 g/mol. The summed E-state index contributed by atoms with van der Waals surface area (Å²) < 4.78 is 25.4. The summed E-state index contributed by atoms with van der Waals surface area (Å²) in [6, 6.07) is 0. The number of nitrogens with two attached hydrogens (primary N) is 1. The van der Waals surface area contributed by atoms with Crippen LogP contribution in [0.25, 0.3) is 0 Å². The highest BCUT2D eigenvalue weighted by molar-refractivity contribution is 7.89. The molecule has 17 heavy (non-hydrogen) atoms. The molecule has 0 spiro atoms. The van der Waals surface area contributed by atoms with E-state index in [1.54, 1.807) is 4.31 Å². The Kier molecular flexibility index (Phi) is 6.35. The van der Waals surface area contributed by atoms with Gasteiger partial charge in [0.25, 0.3) is 0 Å². The fourth-order valence-corrected chi connectivity index (χ4v) is 3.48. The molecule has 0 aliphatic carbocycles. The molecular weight excluding hydrogens is 242 g/mol. The molecule has 0 saturated carbocycles. The predicted octanol–water partition coefficient (Wildman–Crippen LogP) is -1.33. The van der Waals surface area contributed by atoms with E-state index in [1.807, 2.05) is 0 Å². The van der Waals surface area contributed by atoms with Gasteiger partial charge in [-0.05, 0) is 19.4 Å². The van der Waals surface area contributed by atoms with E-state index in [4.69, 9.17) is 10.8 Å². The molecule has 0 unspecified atom stereocenters. The lowest BCUT2D eigenvalue weighted by atomic mass is 10.3. The second-order valence-electron chi connectivity index (χ2n) is 4.28. The zero-order valence-corrected chi connectivity index (χ0v) is 11.0. The molecule has 0 bridgehead atoms. The summed E-state index contributed by atoms with van der Waals surface area (Å²) in [5.74, 6) is 0.199. The Morgan fingerprint density at radius 2 is 1.76 bits per heavy atom. The minimum Gasteiger partial charge on any atom is -0.395 e. The van der Waals surface area contributed by atoms with Crippen LogP contribution in [-0.4, -0.2) is 74.4 Å². The third-order valence-corrected chi connectivity index (χ3v) is 4.95. The van der Waals surface area contributed by atoms with E-state index in [2.05, 4.69) is 4.90 Å². The Morgan fingerprint density at radius 1 is 1.12 bits per heavy atom. The molecule has 7 heteroatoms. The van der Waals surface area contributed by atoms with Gasteiger partial charge in [-0.3, -0.25) is 4.90 Å². The van der Waals surface area contributed by atoms with Crippen LogP contribution in [0.1, 0.15) is 12.8 Å². The average molecular weight is 265 g/mol. The van der Waals surface area contributed by atoms with Crippen molar-refractivity contribution in [2.75, 3.05) is 51.6 Å². The summed E-state index contributed by atoms with van der Waals surface area (Å²) in [5.41, 5.74) is 5.35. The molecule has 1 aliphatic rings. The van der Waals surface area contributed by atoms with Crippen molar-refractivity contribution in [3.63, 3.8) is 0 Å². The summed E-state index contributed by atoms with van der Waals surface area (Å²) in [6.45, 7) is 3.77. The van der Waals surface area contributed by atoms with Crippen LogP contribution >= 0.6 is 0 Å². The van der Waals surface area contributed by atoms with Crippen LogP contribution in [0.15, 0.2) is 0 Å². The zero-order valence-electron chi connectivity index (χ0n) is 10.2. The van der Waals surface area contributed by atoms with Gasteiger partial charge in [-0.25, -0.2) is 8.42 Å². The first-order valence-electron chi connectivity index (χ1n) is 6.11. The van der Waals surface area contributed by atoms with Crippen LogP contribution in [0.4, 0.5) is 0 Å². The molecule has 6 nitrogen and oxygen atoms in total. The van der Waals surface area contributed by atoms with Crippen molar-refractivity contribution in [2.24, 2.45) is 5.73 Å². The minimum atomic E-state index is -3.11. The number of aliphatic hydroxyl groups is 1. The number of sulfonamides is 1. The van der Waals surface area contributed by atoms with Gasteiger partial charge >= 0.3 is 0 Å². The van der Waals surface area contributed by atoms with E-state index >= 15 is 0 Å². The van der Waals surface area contributed by atoms with E-state index in [0.29, 0.717) is 45.7 Å². The van der Waals surface area contributed by atoms with Crippen molar-refractivity contribution in [2.45, 2.75) is 12.8 Å². The molecule has 0 atom stereocenters. The number of hydrogen-bond acceptors (Lipinski definition) is 5. The third kappa shape index (κ3) is 4.89. The molecule has 0 amide bonds. The number of hydrogen-bond donors (Lipinski definition) is 2. The molecule has 0 aromatic carbocycles. The lowest BCUT2D eigenvalue weighted by Crippen LogP contribution is -2.49. The SMILES string of the molecule is NCCCCS(=O)(=O)N1CCN(CCO)CC1. The molecule has 1 aliphatic heterocycles. The molecule has 1 saturated heterocycles. The Hall–Kier alpha value is -0.210. The van der Waals surface area contributed by atoms with Crippen LogP contribution < -0.4 is 5.73 Å². The maximum Gasteiger partial charge on any atom is 0.214 e. The van der Waals surface area contributed by atoms with Crippen LogP contribution in [0.3, 0.4) is 0 Å². The van der Waals surface area contributed by atoms with Gasteiger partial charge in [-0.2, -0.15) is 4.31 Å². The van der Waals surface area contributed by atoms with Crippen LogP contribution in [-0.2, 0) is 10.0 Å². The first-order valence-corrected chi connectivity index (χ1v) is 7.72. The standard InChI is InChI=1S/C10H23N3O3S/c11-3-1-2-10-17(15,16)13-6-4-12(5-7-13)8-9-14/h14H,1-11H2. The average Bonchev–Trinajstić information content (AvgIpc) is 2.30. The zero-order chi connectivity index (χ0) is 12.7. The van der Waals surface area contributed by atoms with Crippen molar-refractivity contribution in [3.8, 4) is 0 Å². The summed E-state index contributed by atoms with van der Waals surface area (Å²) >= 11 is 0. The molecule has 1 heterocycles. The second kappa shape index (κ2) is 7.27. The number of piperazine rings is 1. The molecule has 3 N–H and O–H groups in total. The van der Waals surface area contributed by atoms with Gasteiger partial charge in [-0.15, -0.1) is 0 Å². The minimum absolute atomic E-state index is 0.128. The van der Waals surface area contributed by atoms with E-state index in [9.17, 15) is 8.42 Å². The van der Waals surface area contributed by atoms with E-state index in [1.165, 1.54) is 0 Å². The predicted molar refractivity (Wildman–Crippen MR) is 67.2 cm³/mol. The topological polar surface area (TPSA) is 86.9 Å². The molecule has 1 fully saturated rings. The maximum absolute atomic E-state index is 11.9. The largest absolute Gasteiger partial charge is 0.395 e. The van der Waals surface area contributed by atoms with Gasteiger partial charge in [0.05, 0.1) is 12.4 Å². The third-order valence-electron chi connectivity index (χ3n) is 3.00. The smallest absolute Gasteiger partial charge is 0.214 e. The quantitative estimate of drug-likeness (QED) is 0.557. The second-order valence-corrected chi connectivity index (χ2v) is 6.36. The summed E-state index contributed by atoms with van der Waals surface area (Å²) in [5, 5.41) is 8.80.